The van der Waals surface area contributed by atoms with Gasteiger partial charge >= 0.3 is 12.1 Å². The molecule has 2 atom stereocenters. The number of nitrogens with zero attached hydrogens (tertiary/aromatic N) is 2. The number of carbonyl (C=O) groups is 1. The molecule has 2 heterocycles. The van der Waals surface area contributed by atoms with Gasteiger partial charge in [-0.1, -0.05) is 36.4 Å². The number of aromatic nitrogens is 1. The Morgan fingerprint density at radius 1 is 1.30 bits per heavy atom. The normalized spacial score (nSPS) is 17.3. The molecule has 2 aromatic rings. The van der Waals surface area contributed by atoms with Crippen LogP contribution in [0.3, 0.4) is 0 Å². The number of hydrogen-bond acceptors (Lipinski definition) is 4. The number of carboxylic acid groups (broad SMARTS) is 1. The number of rotatable bonds is 5. The molecule has 3 rings (SSSR count). The van der Waals surface area contributed by atoms with Crippen molar-refractivity contribution < 1.29 is 27.8 Å². The number of ether oxygens (including phenoxy) is 1. The number of alkyl halides is 3. The van der Waals surface area contributed by atoms with Crippen LogP contribution in [0.5, 0.6) is 5.88 Å². The maximum Gasteiger partial charge on any atom is 0.422 e. The molecule has 1 aromatic heterocycles. The van der Waals surface area contributed by atoms with Gasteiger partial charge in [0.2, 0.25) is 5.88 Å². The molecule has 2 unspecified atom stereocenters. The summed E-state index contributed by atoms with van der Waals surface area (Å²) in [5.41, 5.74) is 2.31. The van der Waals surface area contributed by atoms with Gasteiger partial charge in [-0.3, -0.25) is 0 Å². The van der Waals surface area contributed by atoms with Crippen molar-refractivity contribution in [2.75, 3.05) is 11.5 Å². The van der Waals surface area contributed by atoms with Crippen molar-refractivity contribution in [2.24, 2.45) is 0 Å². The second-order valence-corrected chi connectivity index (χ2v) is 6.12. The zero-order valence-corrected chi connectivity index (χ0v) is 14.3. The van der Waals surface area contributed by atoms with E-state index in [4.69, 9.17) is 0 Å². The summed E-state index contributed by atoms with van der Waals surface area (Å²) in [4.78, 5) is 17.4. The first kappa shape index (κ1) is 18.8. The zero-order chi connectivity index (χ0) is 19.6. The van der Waals surface area contributed by atoms with Crippen LogP contribution in [0.4, 0.5) is 18.9 Å². The first-order chi connectivity index (χ1) is 12.8. The minimum absolute atomic E-state index is 0.142. The number of halogens is 3. The SMILES string of the molecule is CC(c1ccc(OCC(F)(F)F)nc1)N1c2ccccc2C=CC1C(=O)O. The molecule has 0 fully saturated rings. The molecular formula is C19H17F3N2O3. The third kappa shape index (κ3) is 4.21. The van der Waals surface area contributed by atoms with Crippen LogP contribution >= 0.6 is 0 Å². The van der Waals surface area contributed by atoms with E-state index in [0.717, 1.165) is 11.3 Å². The summed E-state index contributed by atoms with van der Waals surface area (Å²) in [6, 6.07) is 9.10. The number of benzene rings is 1. The van der Waals surface area contributed by atoms with Crippen LogP contribution in [0.15, 0.2) is 48.7 Å². The zero-order valence-electron chi connectivity index (χ0n) is 14.3. The van der Waals surface area contributed by atoms with E-state index < -0.39 is 24.8 Å². The molecule has 0 amide bonds. The van der Waals surface area contributed by atoms with Crippen LogP contribution < -0.4 is 9.64 Å². The van der Waals surface area contributed by atoms with Crippen LogP contribution in [-0.4, -0.2) is 34.9 Å². The Morgan fingerprint density at radius 3 is 2.67 bits per heavy atom. The van der Waals surface area contributed by atoms with Crippen LogP contribution in [0, 0.1) is 0 Å². The third-order valence-electron chi connectivity index (χ3n) is 4.27. The van der Waals surface area contributed by atoms with Gasteiger partial charge in [0.05, 0.1) is 6.04 Å². The summed E-state index contributed by atoms with van der Waals surface area (Å²) in [5, 5.41) is 9.59. The Bertz CT molecular complexity index is 850. The number of carboxylic acids is 1. The van der Waals surface area contributed by atoms with Crippen molar-refractivity contribution in [1.29, 1.82) is 0 Å². The van der Waals surface area contributed by atoms with Gasteiger partial charge in [0, 0.05) is 18.0 Å². The number of aliphatic carboxylic acids is 1. The predicted octanol–water partition coefficient (Wildman–Crippen LogP) is 4.07. The highest BCUT2D eigenvalue weighted by atomic mass is 19.4. The van der Waals surface area contributed by atoms with Crippen molar-refractivity contribution >= 4 is 17.7 Å². The van der Waals surface area contributed by atoms with Crippen molar-refractivity contribution in [3.05, 3.63) is 59.8 Å². The summed E-state index contributed by atoms with van der Waals surface area (Å²) in [7, 11) is 0. The lowest BCUT2D eigenvalue weighted by atomic mass is 9.98. The predicted molar refractivity (Wildman–Crippen MR) is 93.6 cm³/mol. The molecule has 1 N–H and O–H groups in total. The first-order valence-electron chi connectivity index (χ1n) is 8.20. The van der Waals surface area contributed by atoms with Gasteiger partial charge in [0.25, 0.3) is 0 Å². The van der Waals surface area contributed by atoms with Crippen molar-refractivity contribution in [1.82, 2.24) is 4.98 Å². The summed E-state index contributed by atoms with van der Waals surface area (Å²) < 4.78 is 41.3. The maximum absolute atomic E-state index is 12.2. The number of hydrogen-bond donors (Lipinski definition) is 1. The standard InChI is InChI=1S/C19H17F3N2O3/c1-12(14-7-9-17(23-10-14)27-11-19(20,21)22)24-15-5-3-2-4-13(15)6-8-16(24)18(25)26/h2-10,12,16H,11H2,1H3,(H,25,26). The summed E-state index contributed by atoms with van der Waals surface area (Å²) in [6.07, 6.45) is 0.335. The molecule has 1 aromatic carbocycles. The Balaban J connectivity index is 1.86. The van der Waals surface area contributed by atoms with E-state index in [1.54, 1.807) is 23.1 Å². The molecule has 0 spiro atoms. The van der Waals surface area contributed by atoms with Gasteiger partial charge in [-0.15, -0.1) is 0 Å². The molecule has 0 radical (unpaired) electrons. The highest BCUT2D eigenvalue weighted by Gasteiger charge is 2.32. The third-order valence-corrected chi connectivity index (χ3v) is 4.27. The van der Waals surface area contributed by atoms with Gasteiger partial charge in [-0.2, -0.15) is 13.2 Å². The number of fused-ring (bicyclic) bond motifs is 1. The van der Waals surface area contributed by atoms with E-state index in [1.165, 1.54) is 12.3 Å². The molecule has 142 valence electrons. The van der Waals surface area contributed by atoms with Gasteiger partial charge < -0.3 is 14.7 Å². The highest BCUT2D eigenvalue weighted by molar-refractivity contribution is 5.87. The fourth-order valence-electron chi connectivity index (χ4n) is 2.99. The molecule has 0 aliphatic carbocycles. The van der Waals surface area contributed by atoms with Crippen molar-refractivity contribution in [3.63, 3.8) is 0 Å². The smallest absolute Gasteiger partial charge is 0.422 e. The summed E-state index contributed by atoms with van der Waals surface area (Å²) in [5.74, 6) is -1.14. The largest absolute Gasteiger partial charge is 0.479 e. The van der Waals surface area contributed by atoms with E-state index >= 15 is 0 Å². The lowest BCUT2D eigenvalue weighted by Crippen LogP contribution is -2.43. The van der Waals surface area contributed by atoms with Gasteiger partial charge in [-0.25, -0.2) is 9.78 Å². The van der Waals surface area contributed by atoms with E-state index in [9.17, 15) is 23.1 Å². The van der Waals surface area contributed by atoms with E-state index in [1.807, 2.05) is 31.2 Å². The van der Waals surface area contributed by atoms with E-state index in [-0.39, 0.29) is 11.9 Å². The molecule has 1 aliphatic rings. The number of pyridine rings is 1. The Labute approximate surface area is 153 Å². The van der Waals surface area contributed by atoms with E-state index in [0.29, 0.717) is 5.56 Å². The molecule has 0 bridgehead atoms. The fourth-order valence-corrected chi connectivity index (χ4v) is 2.99. The van der Waals surface area contributed by atoms with Crippen molar-refractivity contribution in [3.8, 4) is 5.88 Å². The minimum atomic E-state index is -4.44. The Kier molecular flexibility index (Phi) is 5.07. The maximum atomic E-state index is 12.2. The highest BCUT2D eigenvalue weighted by Crippen LogP contribution is 2.36. The number of para-hydroxylation sites is 1. The second kappa shape index (κ2) is 7.30. The molecule has 5 nitrogen and oxygen atoms in total. The second-order valence-electron chi connectivity index (χ2n) is 6.12. The Hall–Kier alpha value is -3.03. The van der Waals surface area contributed by atoms with Crippen LogP contribution in [0.25, 0.3) is 6.08 Å². The molecule has 27 heavy (non-hydrogen) atoms. The molecule has 0 saturated heterocycles. The fraction of sp³-hybridized carbons (Fsp3) is 0.263. The number of anilines is 1. The lowest BCUT2D eigenvalue weighted by Gasteiger charge is -2.38. The average molecular weight is 378 g/mol. The summed E-state index contributed by atoms with van der Waals surface area (Å²) >= 11 is 0. The van der Waals surface area contributed by atoms with Crippen LogP contribution in [-0.2, 0) is 4.79 Å². The average Bonchev–Trinajstić information content (AvgIpc) is 2.64. The van der Waals surface area contributed by atoms with Crippen molar-refractivity contribution in [2.45, 2.75) is 25.2 Å². The quantitative estimate of drug-likeness (QED) is 0.850. The van der Waals surface area contributed by atoms with Gasteiger partial charge in [-0.05, 0) is 24.1 Å². The molecule has 8 heteroatoms. The molecule has 0 saturated carbocycles. The van der Waals surface area contributed by atoms with Crippen LogP contribution in [0.2, 0.25) is 0 Å². The van der Waals surface area contributed by atoms with Gasteiger partial charge in [0.15, 0.2) is 6.61 Å². The lowest BCUT2D eigenvalue weighted by molar-refractivity contribution is -0.154. The minimum Gasteiger partial charge on any atom is -0.479 e. The molecular weight excluding hydrogens is 361 g/mol. The van der Waals surface area contributed by atoms with E-state index in [2.05, 4.69) is 9.72 Å². The topological polar surface area (TPSA) is 62.7 Å². The molecule has 1 aliphatic heterocycles. The summed E-state index contributed by atoms with van der Waals surface area (Å²) in [6.45, 7) is 0.402. The van der Waals surface area contributed by atoms with Crippen LogP contribution in [0.1, 0.15) is 24.1 Å². The van der Waals surface area contributed by atoms with Gasteiger partial charge in [0.1, 0.15) is 6.04 Å². The Morgan fingerprint density at radius 2 is 2.04 bits per heavy atom. The monoisotopic (exact) mass is 378 g/mol. The first-order valence-corrected chi connectivity index (χ1v) is 8.20.